The van der Waals surface area contributed by atoms with Crippen molar-refractivity contribution < 1.29 is 13.9 Å². The molecule has 0 unspecified atom stereocenters. The molecule has 1 N–H and O–H groups in total. The third-order valence-corrected chi connectivity index (χ3v) is 8.46. The van der Waals surface area contributed by atoms with E-state index in [0.717, 1.165) is 49.0 Å². The lowest BCUT2D eigenvalue weighted by atomic mass is 10.0. The van der Waals surface area contributed by atoms with Crippen LogP contribution in [0.15, 0.2) is 54.5 Å². The van der Waals surface area contributed by atoms with Gasteiger partial charge in [0.2, 0.25) is 0 Å². The summed E-state index contributed by atoms with van der Waals surface area (Å²) in [5, 5.41) is 15.0. The highest BCUT2D eigenvalue weighted by molar-refractivity contribution is 6.36. The predicted octanol–water partition coefficient (Wildman–Crippen LogP) is 5.04. The Labute approximate surface area is 247 Å². The fraction of sp³-hybridized carbons (Fsp3) is 0.355. The monoisotopic (exact) mass is 585 g/mol. The number of likely N-dealkylation sites (tertiary alicyclic amines) is 1. The lowest BCUT2D eigenvalue weighted by molar-refractivity contribution is 0.0287. The molecule has 0 spiro atoms. The number of aromatic nitrogens is 3. The Bertz CT molecular complexity index is 1740. The summed E-state index contributed by atoms with van der Waals surface area (Å²) in [6, 6.07) is 14.0. The molecule has 2 fully saturated rings. The number of halogens is 2. The Morgan fingerprint density at radius 2 is 2.10 bits per heavy atom. The van der Waals surface area contributed by atoms with Crippen molar-refractivity contribution in [3.63, 3.8) is 0 Å². The molecule has 2 atom stereocenters. The number of nitriles is 1. The molecule has 4 aromatic rings. The molecule has 214 valence electrons. The minimum Gasteiger partial charge on any atom is -0.463 e. The first-order valence-corrected chi connectivity index (χ1v) is 14.6. The van der Waals surface area contributed by atoms with Crippen LogP contribution in [-0.4, -0.2) is 71.4 Å². The summed E-state index contributed by atoms with van der Waals surface area (Å²) in [5.41, 5.74) is 1.62. The number of rotatable bonds is 8. The molecule has 11 heteroatoms. The van der Waals surface area contributed by atoms with Crippen LogP contribution in [-0.2, 0) is 4.74 Å². The lowest BCUT2D eigenvalue weighted by Crippen LogP contribution is -2.38. The normalized spacial score (nSPS) is 20.1. The number of pyridine rings is 1. The zero-order chi connectivity index (χ0) is 28.6. The molecule has 2 saturated heterocycles. The van der Waals surface area contributed by atoms with E-state index >= 15 is 4.39 Å². The van der Waals surface area contributed by atoms with Crippen molar-refractivity contribution in [2.24, 2.45) is 0 Å². The lowest BCUT2D eigenvalue weighted by Gasteiger charge is -2.27. The van der Waals surface area contributed by atoms with E-state index in [9.17, 15) is 5.26 Å². The smallest absolute Gasteiger partial charge is 0.319 e. The molecule has 2 bridgehead atoms. The third-order valence-electron chi connectivity index (χ3n) is 8.15. The molecule has 0 radical (unpaired) electrons. The highest BCUT2D eigenvalue weighted by Gasteiger charge is 2.38. The fourth-order valence-corrected chi connectivity index (χ4v) is 6.45. The Kier molecular flexibility index (Phi) is 7.24. The zero-order valence-corrected chi connectivity index (χ0v) is 23.6. The quantitative estimate of drug-likeness (QED) is 0.285. The van der Waals surface area contributed by atoms with E-state index in [2.05, 4.69) is 26.3 Å². The maximum absolute atomic E-state index is 16.5. The second-order valence-electron chi connectivity index (χ2n) is 10.8. The molecular weight excluding hydrogens is 557 g/mol. The van der Waals surface area contributed by atoms with Crippen molar-refractivity contribution in [2.45, 2.75) is 31.4 Å². The van der Waals surface area contributed by atoms with Crippen LogP contribution in [0.25, 0.3) is 32.9 Å². The van der Waals surface area contributed by atoms with Crippen LogP contribution in [0.5, 0.6) is 6.01 Å². The molecule has 2 aromatic carbocycles. The number of nitrogens with zero attached hydrogens (tertiary/aromatic N) is 6. The van der Waals surface area contributed by atoms with Gasteiger partial charge in [0.15, 0.2) is 5.82 Å². The number of ether oxygens (including phenoxy) is 2. The van der Waals surface area contributed by atoms with Crippen LogP contribution < -0.4 is 15.0 Å². The number of fused-ring (bicyclic) bond motifs is 4. The van der Waals surface area contributed by atoms with Gasteiger partial charge in [-0.25, -0.2) is 4.39 Å². The highest BCUT2D eigenvalue weighted by Crippen LogP contribution is 2.37. The minimum atomic E-state index is -0.571. The summed E-state index contributed by atoms with van der Waals surface area (Å²) < 4.78 is 28.2. The van der Waals surface area contributed by atoms with E-state index in [1.165, 1.54) is 0 Å². The van der Waals surface area contributed by atoms with Gasteiger partial charge in [-0.3, -0.25) is 9.88 Å². The summed E-state index contributed by atoms with van der Waals surface area (Å²) >= 11 is 6.56. The van der Waals surface area contributed by atoms with Crippen molar-refractivity contribution in [3.8, 4) is 23.3 Å². The predicted molar refractivity (Wildman–Crippen MR) is 159 cm³/mol. The van der Waals surface area contributed by atoms with Gasteiger partial charge in [-0.1, -0.05) is 41.9 Å². The zero-order valence-electron chi connectivity index (χ0n) is 22.9. The molecule has 5 heterocycles. The molecule has 2 aromatic heterocycles. The van der Waals surface area contributed by atoms with Crippen molar-refractivity contribution >= 4 is 39.1 Å². The number of anilines is 1. The molecular formula is C31H29ClFN7O2. The van der Waals surface area contributed by atoms with E-state index in [4.69, 9.17) is 26.1 Å². The SMILES string of the molecule is N#CCC1=CN(c2nc(OCCCN3C[C@@H]4C[C@H]3CO4)nc3c(F)c(-c4cccc5cccc(Cl)c45)ncc23)CCN1. The number of hydrogen-bond donors (Lipinski definition) is 1. The summed E-state index contributed by atoms with van der Waals surface area (Å²) in [7, 11) is 0. The van der Waals surface area contributed by atoms with Gasteiger partial charge in [-0.15, -0.1) is 0 Å². The Hall–Kier alpha value is -4.04. The second kappa shape index (κ2) is 11.3. The highest BCUT2D eigenvalue weighted by atomic mass is 35.5. The standard InChI is InChI=1S/C31H29ClFN7O2/c32-25-7-2-5-19-4-1-6-23(26(19)25)28-27(33)29-24(15-36-28)30(40-12-10-35-20(16-40)8-9-34)38-31(37-29)41-13-3-11-39-17-22-14-21(39)18-42-22/h1-2,4-7,15-16,21-22,35H,3,8,10-14,17-18H2/t21-,22-/m0/s1. The van der Waals surface area contributed by atoms with Crippen LogP contribution in [0.1, 0.15) is 19.3 Å². The van der Waals surface area contributed by atoms with Crippen molar-refractivity contribution in [2.75, 3.05) is 44.3 Å². The van der Waals surface area contributed by atoms with Gasteiger partial charge in [0.1, 0.15) is 17.0 Å². The summed E-state index contributed by atoms with van der Waals surface area (Å²) in [5.74, 6) is -0.0901. The summed E-state index contributed by atoms with van der Waals surface area (Å²) in [6.07, 6.45) is 5.90. The van der Waals surface area contributed by atoms with Gasteiger partial charge in [-0.05, 0) is 24.3 Å². The Morgan fingerprint density at radius 3 is 2.90 bits per heavy atom. The fourth-order valence-electron chi connectivity index (χ4n) is 6.17. The average molecular weight is 586 g/mol. The maximum atomic E-state index is 16.5. The topological polar surface area (TPSA) is 99.4 Å². The van der Waals surface area contributed by atoms with E-state index in [1.807, 2.05) is 41.4 Å². The molecule has 3 aliphatic heterocycles. The van der Waals surface area contributed by atoms with Gasteiger partial charge >= 0.3 is 6.01 Å². The number of nitrogens with one attached hydrogen (secondary N) is 1. The van der Waals surface area contributed by atoms with Crippen LogP contribution in [0, 0.1) is 17.1 Å². The third kappa shape index (κ3) is 4.98. The Morgan fingerprint density at radius 1 is 1.21 bits per heavy atom. The second-order valence-corrected chi connectivity index (χ2v) is 11.2. The van der Waals surface area contributed by atoms with Crippen LogP contribution in [0.2, 0.25) is 5.02 Å². The number of benzene rings is 2. The van der Waals surface area contributed by atoms with E-state index in [-0.39, 0.29) is 23.6 Å². The number of morpholine rings is 1. The van der Waals surface area contributed by atoms with Crippen LogP contribution >= 0.6 is 11.6 Å². The van der Waals surface area contributed by atoms with Crippen molar-refractivity contribution in [3.05, 3.63) is 65.3 Å². The first-order valence-electron chi connectivity index (χ1n) is 14.2. The van der Waals surface area contributed by atoms with Crippen LogP contribution in [0.3, 0.4) is 0 Å². The minimum absolute atomic E-state index is 0.101. The van der Waals surface area contributed by atoms with Gasteiger partial charge in [0, 0.05) is 66.3 Å². The maximum Gasteiger partial charge on any atom is 0.319 e. The largest absolute Gasteiger partial charge is 0.463 e. The average Bonchev–Trinajstić information content (AvgIpc) is 3.64. The first-order chi connectivity index (χ1) is 20.6. The van der Waals surface area contributed by atoms with Crippen molar-refractivity contribution in [1.82, 2.24) is 25.2 Å². The van der Waals surface area contributed by atoms with Crippen LogP contribution in [0.4, 0.5) is 10.2 Å². The Balaban J connectivity index is 1.26. The van der Waals surface area contributed by atoms with Gasteiger partial charge < -0.3 is 19.7 Å². The molecule has 3 aliphatic rings. The molecule has 0 amide bonds. The van der Waals surface area contributed by atoms with Crippen molar-refractivity contribution in [1.29, 1.82) is 5.26 Å². The van der Waals surface area contributed by atoms with E-state index in [0.29, 0.717) is 53.6 Å². The number of allylic oxidation sites excluding steroid dienone is 1. The number of hydrogen-bond acceptors (Lipinski definition) is 9. The van der Waals surface area contributed by atoms with Gasteiger partial charge in [0.05, 0.1) is 37.2 Å². The van der Waals surface area contributed by atoms with E-state index < -0.39 is 5.82 Å². The van der Waals surface area contributed by atoms with E-state index in [1.54, 1.807) is 12.3 Å². The first kappa shape index (κ1) is 26.8. The molecule has 0 saturated carbocycles. The summed E-state index contributed by atoms with van der Waals surface area (Å²) in [6.45, 7) is 4.23. The van der Waals surface area contributed by atoms with Gasteiger partial charge in [-0.2, -0.15) is 15.2 Å². The molecule has 0 aliphatic carbocycles. The summed E-state index contributed by atoms with van der Waals surface area (Å²) in [4.78, 5) is 18.2. The molecule has 42 heavy (non-hydrogen) atoms. The molecule has 9 nitrogen and oxygen atoms in total. The molecule has 7 rings (SSSR count). The van der Waals surface area contributed by atoms with Gasteiger partial charge in [0.25, 0.3) is 0 Å².